The van der Waals surface area contributed by atoms with Crippen molar-refractivity contribution >= 4 is 5.96 Å². The predicted molar refractivity (Wildman–Crippen MR) is 55.4 cm³/mol. The molecule has 0 aromatic rings. The van der Waals surface area contributed by atoms with Crippen molar-refractivity contribution in [2.45, 2.75) is 0 Å². The standard InChI is InChI=1S/C7H18N3.NO3/c1-8-7(9(2)3)10(4,5)6;2-1(3)4/h1-6H3;/q+1;-1. The smallest absolute Gasteiger partial charge is 0.298 e. The van der Waals surface area contributed by atoms with Crippen molar-refractivity contribution in [2.75, 3.05) is 42.3 Å². The maximum Gasteiger partial charge on any atom is 0.298 e. The van der Waals surface area contributed by atoms with Crippen LogP contribution >= 0.6 is 0 Å². The zero-order valence-electron chi connectivity index (χ0n) is 9.51. The molecule has 0 saturated carbocycles. The molecule has 0 N–H and O–H groups in total. The van der Waals surface area contributed by atoms with Crippen molar-refractivity contribution in [1.82, 2.24) is 4.90 Å². The Labute approximate surface area is 84.0 Å². The summed E-state index contributed by atoms with van der Waals surface area (Å²) < 4.78 is 0.767. The van der Waals surface area contributed by atoms with E-state index in [1.807, 2.05) is 26.0 Å². The number of hydrogen-bond donors (Lipinski definition) is 0. The number of rotatable bonds is 0. The van der Waals surface area contributed by atoms with Crippen molar-refractivity contribution < 1.29 is 9.57 Å². The highest BCUT2D eigenvalue weighted by molar-refractivity contribution is 5.72. The molecule has 0 aliphatic rings. The van der Waals surface area contributed by atoms with Gasteiger partial charge in [-0.25, -0.2) is 4.99 Å². The topological polar surface area (TPSA) is 81.8 Å². The largest absolute Gasteiger partial charge is 0.356 e. The zero-order chi connectivity index (χ0) is 11.9. The number of quaternary nitrogens is 1. The summed E-state index contributed by atoms with van der Waals surface area (Å²) >= 11 is 0. The van der Waals surface area contributed by atoms with E-state index in [1.165, 1.54) is 0 Å². The fourth-order valence-electron chi connectivity index (χ4n) is 1.10. The minimum atomic E-state index is -1.75. The molecule has 0 atom stereocenters. The lowest BCUT2D eigenvalue weighted by molar-refractivity contribution is -0.782. The summed E-state index contributed by atoms with van der Waals surface area (Å²) in [5, 5.41) is 14.8. The summed E-state index contributed by atoms with van der Waals surface area (Å²) in [5.41, 5.74) is 0. The molecule has 0 aliphatic heterocycles. The van der Waals surface area contributed by atoms with Crippen LogP contribution in [0.15, 0.2) is 4.99 Å². The first-order chi connectivity index (χ1) is 6.12. The fraction of sp³-hybridized carbons (Fsp3) is 0.857. The zero-order valence-corrected chi connectivity index (χ0v) is 9.51. The Balaban J connectivity index is 0. The van der Waals surface area contributed by atoms with Crippen LogP contribution in [0.5, 0.6) is 0 Å². The van der Waals surface area contributed by atoms with Crippen molar-refractivity contribution in [3.63, 3.8) is 0 Å². The van der Waals surface area contributed by atoms with Crippen LogP contribution in [0.4, 0.5) is 0 Å². The van der Waals surface area contributed by atoms with Gasteiger partial charge < -0.3 is 20.2 Å². The highest BCUT2D eigenvalue weighted by Crippen LogP contribution is 1.96. The van der Waals surface area contributed by atoms with Gasteiger partial charge >= 0.3 is 0 Å². The first-order valence-corrected chi connectivity index (χ1v) is 3.90. The lowest BCUT2D eigenvalue weighted by Gasteiger charge is -2.28. The van der Waals surface area contributed by atoms with Gasteiger partial charge in [0.1, 0.15) is 0 Å². The minimum absolute atomic E-state index is 0.767. The van der Waals surface area contributed by atoms with Gasteiger partial charge in [-0.3, -0.25) is 4.48 Å². The summed E-state index contributed by atoms with van der Waals surface area (Å²) in [4.78, 5) is 14.5. The quantitative estimate of drug-likeness (QED) is 0.184. The van der Waals surface area contributed by atoms with Crippen LogP contribution in [-0.2, 0) is 0 Å². The Hall–Kier alpha value is -1.37. The molecule has 0 aliphatic carbocycles. The molecule has 0 fully saturated rings. The predicted octanol–water partition coefficient (Wildman–Crippen LogP) is 0.000900. The Bertz CT molecular complexity index is 203. The number of nitrogens with zero attached hydrogens (tertiary/aromatic N) is 4. The first kappa shape index (κ1) is 15.1. The van der Waals surface area contributed by atoms with Gasteiger partial charge in [0.05, 0.1) is 26.2 Å². The Kier molecular flexibility index (Phi) is 6.63. The van der Waals surface area contributed by atoms with Gasteiger partial charge in [-0.2, -0.15) is 0 Å². The van der Waals surface area contributed by atoms with E-state index in [0.29, 0.717) is 0 Å². The highest BCUT2D eigenvalue weighted by atomic mass is 16.9. The third-order valence-corrected chi connectivity index (χ3v) is 1.20. The van der Waals surface area contributed by atoms with Crippen molar-refractivity contribution in [2.24, 2.45) is 4.99 Å². The van der Waals surface area contributed by atoms with Crippen LogP contribution in [0.2, 0.25) is 0 Å². The van der Waals surface area contributed by atoms with Gasteiger partial charge in [0.2, 0.25) is 0 Å². The van der Waals surface area contributed by atoms with E-state index < -0.39 is 5.09 Å². The van der Waals surface area contributed by atoms with Crippen molar-refractivity contribution in [3.8, 4) is 0 Å². The summed E-state index contributed by atoms with van der Waals surface area (Å²) in [6.45, 7) is 0. The molecular formula is C7H18N4O3. The molecule has 0 aromatic carbocycles. The second kappa shape index (κ2) is 6.14. The molecule has 84 valence electrons. The van der Waals surface area contributed by atoms with E-state index in [9.17, 15) is 0 Å². The van der Waals surface area contributed by atoms with E-state index >= 15 is 0 Å². The first-order valence-electron chi connectivity index (χ1n) is 3.90. The lowest BCUT2D eigenvalue weighted by atomic mass is 10.6. The van der Waals surface area contributed by atoms with Gasteiger partial charge in [0, 0.05) is 21.1 Å². The van der Waals surface area contributed by atoms with Crippen LogP contribution < -0.4 is 0 Å². The van der Waals surface area contributed by atoms with Gasteiger partial charge in [0.25, 0.3) is 5.96 Å². The van der Waals surface area contributed by atoms with Crippen LogP contribution in [-0.4, -0.2) is 62.7 Å². The molecule has 7 nitrogen and oxygen atoms in total. The summed E-state index contributed by atoms with van der Waals surface area (Å²) in [7, 11) is 12.1. The Morgan fingerprint density at radius 3 is 1.57 bits per heavy atom. The monoisotopic (exact) mass is 206 g/mol. The highest BCUT2D eigenvalue weighted by Gasteiger charge is 2.18. The molecule has 0 unspecified atom stereocenters. The molecule has 0 heterocycles. The Morgan fingerprint density at radius 2 is 1.57 bits per heavy atom. The number of guanidine groups is 1. The second-order valence-electron chi connectivity index (χ2n) is 3.65. The average molecular weight is 206 g/mol. The average Bonchev–Trinajstić information content (AvgIpc) is 1.81. The summed E-state index contributed by atoms with van der Waals surface area (Å²) in [5.74, 6) is 1.07. The molecule has 0 radical (unpaired) electrons. The van der Waals surface area contributed by atoms with E-state index in [4.69, 9.17) is 15.3 Å². The van der Waals surface area contributed by atoms with Gasteiger partial charge in [-0.1, -0.05) is 0 Å². The van der Waals surface area contributed by atoms with Gasteiger partial charge in [0.15, 0.2) is 0 Å². The van der Waals surface area contributed by atoms with Crippen molar-refractivity contribution in [3.05, 3.63) is 15.3 Å². The molecule has 0 bridgehead atoms. The minimum Gasteiger partial charge on any atom is -0.356 e. The van der Waals surface area contributed by atoms with E-state index in [1.54, 1.807) is 0 Å². The van der Waals surface area contributed by atoms with Crippen LogP contribution in [0.1, 0.15) is 0 Å². The summed E-state index contributed by atoms with van der Waals surface area (Å²) in [6.07, 6.45) is 0. The van der Waals surface area contributed by atoms with Gasteiger partial charge in [-0.05, 0) is 0 Å². The van der Waals surface area contributed by atoms with E-state index in [2.05, 4.69) is 26.1 Å². The molecule has 0 amide bonds. The fourth-order valence-corrected chi connectivity index (χ4v) is 1.10. The van der Waals surface area contributed by atoms with Crippen LogP contribution in [0.3, 0.4) is 0 Å². The van der Waals surface area contributed by atoms with Crippen LogP contribution in [0.25, 0.3) is 0 Å². The maximum atomic E-state index is 8.25. The lowest BCUT2D eigenvalue weighted by Crippen LogP contribution is -2.48. The third-order valence-electron chi connectivity index (χ3n) is 1.20. The molecule has 7 heteroatoms. The molecule has 0 spiro atoms. The Morgan fingerprint density at radius 1 is 1.29 bits per heavy atom. The van der Waals surface area contributed by atoms with E-state index in [-0.39, 0.29) is 0 Å². The second-order valence-corrected chi connectivity index (χ2v) is 3.65. The molecule has 14 heavy (non-hydrogen) atoms. The maximum absolute atomic E-state index is 8.25. The number of hydrogen-bond acceptors (Lipinski definition) is 4. The molecule has 0 aromatic heterocycles. The third kappa shape index (κ3) is 8.72. The molecular weight excluding hydrogens is 188 g/mol. The normalized spacial score (nSPS) is 11.4. The number of aliphatic imine (C=N–C) groups is 1. The summed E-state index contributed by atoms with van der Waals surface area (Å²) in [6, 6.07) is 0. The molecule has 0 rings (SSSR count). The van der Waals surface area contributed by atoms with Crippen LogP contribution in [0, 0.1) is 15.3 Å². The SMILES string of the molecule is CN=C(N(C)C)[N+](C)(C)C.O=[N+]([O-])[O-]. The van der Waals surface area contributed by atoms with Crippen molar-refractivity contribution in [1.29, 1.82) is 0 Å². The van der Waals surface area contributed by atoms with Gasteiger partial charge in [-0.15, -0.1) is 0 Å². The van der Waals surface area contributed by atoms with E-state index in [0.717, 1.165) is 10.4 Å². The molecule has 0 saturated heterocycles.